The highest BCUT2D eigenvalue weighted by Crippen LogP contribution is 2.24. The maximum atomic E-state index is 12.3. The number of methoxy groups -OCH3 is 1. The number of amides is 1. The van der Waals surface area contributed by atoms with Gasteiger partial charge in [-0.25, -0.2) is 9.79 Å². The average Bonchev–Trinajstić information content (AvgIpc) is 2.36. The molecular formula is C13H14N2O3S. The summed E-state index contributed by atoms with van der Waals surface area (Å²) in [5, 5.41) is 0.238. The molecule has 2 aliphatic rings. The zero-order valence-electron chi connectivity index (χ0n) is 10.9. The minimum atomic E-state index is -0.470. The number of allylic oxidation sites excluding steroid dienone is 1. The largest absolute Gasteiger partial charge is 0.465 e. The molecule has 0 saturated heterocycles. The van der Waals surface area contributed by atoms with E-state index in [2.05, 4.69) is 9.73 Å². The first-order chi connectivity index (χ1) is 8.95. The van der Waals surface area contributed by atoms with Gasteiger partial charge in [-0.1, -0.05) is 12.2 Å². The second kappa shape index (κ2) is 5.05. The lowest BCUT2D eigenvalue weighted by Gasteiger charge is -2.33. The first-order valence-electron chi connectivity index (χ1n) is 5.89. The van der Waals surface area contributed by atoms with Gasteiger partial charge >= 0.3 is 5.97 Å². The van der Waals surface area contributed by atoms with Gasteiger partial charge in [-0.05, 0) is 32.1 Å². The molecule has 6 heteroatoms. The van der Waals surface area contributed by atoms with Crippen LogP contribution >= 0.6 is 12.2 Å². The normalized spacial score (nSPS) is 22.1. The molecular weight excluding hydrogens is 264 g/mol. The molecule has 0 aromatic carbocycles. The molecule has 5 nitrogen and oxygen atoms in total. The molecule has 100 valence electrons. The molecule has 0 radical (unpaired) electrons. The minimum Gasteiger partial charge on any atom is -0.465 e. The van der Waals surface area contributed by atoms with E-state index in [0.29, 0.717) is 11.3 Å². The Bertz CT molecular complexity index is 546. The molecule has 1 amide bonds. The molecule has 0 bridgehead atoms. The summed E-state index contributed by atoms with van der Waals surface area (Å²) in [4.78, 5) is 29.5. The highest BCUT2D eigenvalue weighted by atomic mass is 32.1. The zero-order valence-corrected chi connectivity index (χ0v) is 11.7. The molecule has 1 heterocycles. The standard InChI is InChI=1S/C13H14N2O3S/c1-7(2)15-11(16)9-5-4-8(12(17)18-3)6-10(9)14-13(15)19/h4-7,9H,1-3H3. The van der Waals surface area contributed by atoms with Crippen molar-refractivity contribution in [1.29, 1.82) is 0 Å². The van der Waals surface area contributed by atoms with E-state index in [4.69, 9.17) is 12.2 Å². The molecule has 1 aliphatic heterocycles. The van der Waals surface area contributed by atoms with Crippen molar-refractivity contribution in [2.75, 3.05) is 7.11 Å². The molecule has 2 rings (SSSR count). The number of rotatable bonds is 2. The first-order valence-corrected chi connectivity index (χ1v) is 6.30. The monoisotopic (exact) mass is 278 g/mol. The fourth-order valence-corrected chi connectivity index (χ4v) is 2.44. The molecule has 19 heavy (non-hydrogen) atoms. The predicted molar refractivity (Wildman–Crippen MR) is 74.7 cm³/mol. The Morgan fingerprint density at radius 1 is 1.53 bits per heavy atom. The number of hydrogen-bond acceptors (Lipinski definition) is 4. The summed E-state index contributed by atoms with van der Waals surface area (Å²) in [5.41, 5.74) is 0.862. The van der Waals surface area contributed by atoms with Crippen LogP contribution in [0.15, 0.2) is 28.8 Å². The van der Waals surface area contributed by atoms with Crippen LogP contribution in [-0.4, -0.2) is 40.8 Å². The van der Waals surface area contributed by atoms with Gasteiger partial charge < -0.3 is 4.74 Å². The summed E-state index contributed by atoms with van der Waals surface area (Å²) in [7, 11) is 1.31. The van der Waals surface area contributed by atoms with Gasteiger partial charge in [0.2, 0.25) is 11.0 Å². The van der Waals surface area contributed by atoms with Gasteiger partial charge in [0.15, 0.2) is 0 Å². The van der Waals surface area contributed by atoms with Crippen LogP contribution in [0.1, 0.15) is 13.8 Å². The van der Waals surface area contributed by atoms with Gasteiger partial charge in [0.05, 0.1) is 24.3 Å². The summed E-state index contributed by atoms with van der Waals surface area (Å²) < 4.78 is 4.64. The molecule has 0 N–H and O–H groups in total. The molecule has 1 aliphatic carbocycles. The van der Waals surface area contributed by atoms with Crippen molar-refractivity contribution in [3.63, 3.8) is 0 Å². The maximum absolute atomic E-state index is 12.3. The fourth-order valence-electron chi connectivity index (χ4n) is 2.03. The van der Waals surface area contributed by atoms with Gasteiger partial charge in [-0.2, -0.15) is 0 Å². The van der Waals surface area contributed by atoms with E-state index in [-0.39, 0.29) is 17.1 Å². The van der Waals surface area contributed by atoms with Crippen LogP contribution in [-0.2, 0) is 14.3 Å². The number of thiocarbonyl (C=S) groups is 1. The van der Waals surface area contributed by atoms with Crippen LogP contribution in [0.4, 0.5) is 0 Å². The summed E-state index contributed by atoms with van der Waals surface area (Å²) in [5.74, 6) is -1.04. The number of fused-ring (bicyclic) bond motifs is 1. The third-order valence-electron chi connectivity index (χ3n) is 2.96. The maximum Gasteiger partial charge on any atom is 0.337 e. The molecule has 0 aromatic rings. The highest BCUT2D eigenvalue weighted by Gasteiger charge is 2.36. The van der Waals surface area contributed by atoms with Crippen molar-refractivity contribution >= 4 is 34.9 Å². The number of esters is 1. The second-order valence-electron chi connectivity index (χ2n) is 4.55. The highest BCUT2D eigenvalue weighted by molar-refractivity contribution is 7.80. The summed E-state index contributed by atoms with van der Waals surface area (Å²) in [6, 6.07) is -0.0373. The van der Waals surface area contributed by atoms with Gasteiger partial charge in [0.25, 0.3) is 0 Å². The number of nitrogens with zero attached hydrogens (tertiary/aromatic N) is 2. The van der Waals surface area contributed by atoms with E-state index in [1.54, 1.807) is 18.2 Å². The summed E-state index contributed by atoms with van der Waals surface area (Å²) >= 11 is 5.13. The van der Waals surface area contributed by atoms with Crippen molar-refractivity contribution in [1.82, 2.24) is 4.90 Å². The smallest absolute Gasteiger partial charge is 0.337 e. The van der Waals surface area contributed by atoms with Crippen molar-refractivity contribution in [2.24, 2.45) is 10.9 Å². The van der Waals surface area contributed by atoms with Crippen molar-refractivity contribution in [3.8, 4) is 0 Å². The van der Waals surface area contributed by atoms with E-state index >= 15 is 0 Å². The zero-order chi connectivity index (χ0) is 14.2. The number of ether oxygens (including phenoxy) is 1. The Morgan fingerprint density at radius 2 is 2.21 bits per heavy atom. The van der Waals surface area contributed by atoms with E-state index in [1.165, 1.54) is 12.0 Å². The topological polar surface area (TPSA) is 59.0 Å². The summed E-state index contributed by atoms with van der Waals surface area (Å²) in [6.07, 6.45) is 4.79. The minimum absolute atomic E-state index is 0.0373. The van der Waals surface area contributed by atoms with Crippen LogP contribution in [0, 0.1) is 5.92 Å². The van der Waals surface area contributed by atoms with Crippen LogP contribution in [0.2, 0.25) is 0 Å². The van der Waals surface area contributed by atoms with E-state index in [1.807, 2.05) is 13.8 Å². The van der Waals surface area contributed by atoms with E-state index in [0.717, 1.165) is 0 Å². The quantitative estimate of drug-likeness (QED) is 0.563. The van der Waals surface area contributed by atoms with Gasteiger partial charge in [-0.3, -0.25) is 9.69 Å². The van der Waals surface area contributed by atoms with Crippen molar-refractivity contribution in [3.05, 3.63) is 23.8 Å². The third kappa shape index (κ3) is 2.35. The molecule has 0 aromatic heterocycles. The Morgan fingerprint density at radius 3 is 2.79 bits per heavy atom. The van der Waals surface area contributed by atoms with E-state index in [9.17, 15) is 9.59 Å². The van der Waals surface area contributed by atoms with Gasteiger partial charge in [0.1, 0.15) is 0 Å². The Kier molecular flexibility index (Phi) is 3.61. The van der Waals surface area contributed by atoms with Crippen molar-refractivity contribution < 1.29 is 14.3 Å². The van der Waals surface area contributed by atoms with E-state index < -0.39 is 11.9 Å². The first kappa shape index (κ1) is 13.6. The molecule has 0 fully saturated rings. The Balaban J connectivity index is 2.39. The molecule has 1 atom stereocenters. The fraction of sp³-hybridized carbons (Fsp3) is 0.385. The molecule has 1 unspecified atom stereocenters. The van der Waals surface area contributed by atoms with Crippen LogP contribution in [0.25, 0.3) is 0 Å². The number of carbonyl (C=O) groups is 2. The van der Waals surface area contributed by atoms with Crippen LogP contribution in [0.5, 0.6) is 0 Å². The van der Waals surface area contributed by atoms with Crippen molar-refractivity contribution in [2.45, 2.75) is 19.9 Å². The number of carbonyl (C=O) groups excluding carboxylic acids is 2. The molecule has 0 saturated carbocycles. The lowest BCUT2D eigenvalue weighted by Crippen LogP contribution is -2.49. The second-order valence-corrected chi connectivity index (χ2v) is 4.91. The number of hydrogen-bond donors (Lipinski definition) is 0. The SMILES string of the molecule is COC(=O)C1=CC2=NC(=S)N(C(C)C)C(=O)C2C=C1. The summed E-state index contributed by atoms with van der Waals surface area (Å²) in [6.45, 7) is 3.76. The molecule has 0 spiro atoms. The van der Waals surface area contributed by atoms with Crippen LogP contribution in [0.3, 0.4) is 0 Å². The predicted octanol–water partition coefficient (Wildman–Crippen LogP) is 1.25. The number of aliphatic imine (C=N–C) groups is 1. The average molecular weight is 278 g/mol. The third-order valence-corrected chi connectivity index (χ3v) is 3.25. The van der Waals surface area contributed by atoms with Gasteiger partial charge in [0, 0.05) is 6.04 Å². The Hall–Kier alpha value is -1.82. The van der Waals surface area contributed by atoms with Crippen LogP contribution < -0.4 is 0 Å². The lowest BCUT2D eigenvalue weighted by atomic mass is 9.91. The Labute approximate surface area is 116 Å². The lowest BCUT2D eigenvalue weighted by molar-refractivity contribution is -0.136. The van der Waals surface area contributed by atoms with Gasteiger partial charge in [-0.15, -0.1) is 0 Å².